The van der Waals surface area contributed by atoms with Crippen molar-refractivity contribution in [2.24, 2.45) is 0 Å². The average molecular weight is 285 g/mol. The SMILES string of the molecule is Cc1ccc2c(c1-c1ccccc1)C=C(Br)C2. The van der Waals surface area contributed by atoms with Gasteiger partial charge in [-0.1, -0.05) is 58.4 Å². The lowest BCUT2D eigenvalue weighted by Gasteiger charge is -2.11. The van der Waals surface area contributed by atoms with Crippen LogP contribution in [0, 0.1) is 6.92 Å². The molecule has 1 aliphatic carbocycles. The second-order valence-corrected chi connectivity index (χ2v) is 5.48. The molecule has 0 saturated carbocycles. The van der Waals surface area contributed by atoms with E-state index < -0.39 is 0 Å². The van der Waals surface area contributed by atoms with E-state index >= 15 is 0 Å². The highest BCUT2D eigenvalue weighted by Gasteiger charge is 2.16. The van der Waals surface area contributed by atoms with Crippen LogP contribution in [0.5, 0.6) is 0 Å². The van der Waals surface area contributed by atoms with Crippen LogP contribution in [-0.2, 0) is 6.42 Å². The maximum atomic E-state index is 3.61. The molecule has 0 nitrogen and oxygen atoms in total. The van der Waals surface area contributed by atoms with Crippen molar-refractivity contribution in [2.45, 2.75) is 13.3 Å². The molecule has 0 spiro atoms. The first-order chi connectivity index (χ1) is 8.25. The quantitative estimate of drug-likeness (QED) is 0.695. The van der Waals surface area contributed by atoms with Crippen molar-refractivity contribution >= 4 is 22.0 Å². The van der Waals surface area contributed by atoms with E-state index in [0.717, 1.165) is 6.42 Å². The minimum Gasteiger partial charge on any atom is -0.0622 e. The topological polar surface area (TPSA) is 0 Å². The molecule has 2 aromatic carbocycles. The molecule has 0 N–H and O–H groups in total. The van der Waals surface area contributed by atoms with Crippen molar-refractivity contribution < 1.29 is 0 Å². The number of halogens is 1. The van der Waals surface area contributed by atoms with Crippen LogP contribution in [0.25, 0.3) is 17.2 Å². The number of hydrogen-bond donors (Lipinski definition) is 0. The normalized spacial score (nSPS) is 13.4. The average Bonchev–Trinajstić information content (AvgIpc) is 2.70. The van der Waals surface area contributed by atoms with Gasteiger partial charge in [-0.2, -0.15) is 0 Å². The molecule has 0 aliphatic heterocycles. The van der Waals surface area contributed by atoms with Gasteiger partial charge in [0.2, 0.25) is 0 Å². The highest BCUT2D eigenvalue weighted by molar-refractivity contribution is 9.11. The summed E-state index contributed by atoms with van der Waals surface area (Å²) >= 11 is 3.61. The zero-order valence-corrected chi connectivity index (χ0v) is 11.3. The van der Waals surface area contributed by atoms with Crippen molar-refractivity contribution in [3.05, 3.63) is 63.6 Å². The standard InChI is InChI=1S/C16H13Br/c1-11-7-8-13-9-14(17)10-15(13)16(11)12-5-3-2-4-6-12/h2-8,10H,9H2,1H3. The zero-order chi connectivity index (χ0) is 11.8. The Labute approximate surface area is 110 Å². The first kappa shape index (κ1) is 10.8. The molecule has 0 fully saturated rings. The smallest absolute Gasteiger partial charge is 0.00470 e. The van der Waals surface area contributed by atoms with Crippen LogP contribution in [-0.4, -0.2) is 0 Å². The number of benzene rings is 2. The van der Waals surface area contributed by atoms with Gasteiger partial charge in [0.05, 0.1) is 0 Å². The molecule has 1 aliphatic rings. The summed E-state index contributed by atoms with van der Waals surface area (Å²) in [5, 5.41) is 0. The molecule has 0 radical (unpaired) electrons. The Morgan fingerprint density at radius 1 is 1.00 bits per heavy atom. The van der Waals surface area contributed by atoms with E-state index in [2.05, 4.69) is 71.4 Å². The maximum absolute atomic E-state index is 3.61. The Kier molecular flexibility index (Phi) is 2.64. The van der Waals surface area contributed by atoms with Crippen molar-refractivity contribution in [2.75, 3.05) is 0 Å². The lowest BCUT2D eigenvalue weighted by Crippen LogP contribution is -1.90. The molecular formula is C16H13Br. The van der Waals surface area contributed by atoms with Crippen LogP contribution in [0.1, 0.15) is 16.7 Å². The van der Waals surface area contributed by atoms with Gasteiger partial charge in [0.25, 0.3) is 0 Å². The summed E-state index contributed by atoms with van der Waals surface area (Å²) in [5.41, 5.74) is 6.82. The van der Waals surface area contributed by atoms with E-state index in [1.807, 2.05) is 0 Å². The summed E-state index contributed by atoms with van der Waals surface area (Å²) in [7, 11) is 0. The van der Waals surface area contributed by atoms with Crippen LogP contribution in [0.15, 0.2) is 46.9 Å². The van der Waals surface area contributed by atoms with Crippen LogP contribution >= 0.6 is 15.9 Å². The molecule has 0 bridgehead atoms. The lowest BCUT2D eigenvalue weighted by molar-refractivity contribution is 1.28. The fourth-order valence-electron chi connectivity index (χ4n) is 2.47. The molecule has 0 amide bonds. The van der Waals surface area contributed by atoms with E-state index in [0.29, 0.717) is 0 Å². The fourth-order valence-corrected chi connectivity index (χ4v) is 3.00. The van der Waals surface area contributed by atoms with Gasteiger partial charge >= 0.3 is 0 Å². The predicted molar refractivity (Wildman–Crippen MR) is 77.2 cm³/mol. The number of aryl methyl sites for hydroxylation is 1. The summed E-state index contributed by atoms with van der Waals surface area (Å²) in [4.78, 5) is 0. The van der Waals surface area contributed by atoms with Crippen LogP contribution in [0.3, 0.4) is 0 Å². The first-order valence-electron chi connectivity index (χ1n) is 5.79. The van der Waals surface area contributed by atoms with Gasteiger partial charge in [-0.3, -0.25) is 0 Å². The molecule has 17 heavy (non-hydrogen) atoms. The minimum absolute atomic E-state index is 1.02. The van der Waals surface area contributed by atoms with Crippen molar-refractivity contribution in [1.29, 1.82) is 0 Å². The number of allylic oxidation sites excluding steroid dienone is 1. The van der Waals surface area contributed by atoms with Gasteiger partial charge in [-0.15, -0.1) is 0 Å². The molecule has 84 valence electrons. The van der Waals surface area contributed by atoms with E-state index in [-0.39, 0.29) is 0 Å². The van der Waals surface area contributed by atoms with E-state index in [1.165, 1.54) is 32.3 Å². The summed E-state index contributed by atoms with van der Waals surface area (Å²) in [5.74, 6) is 0. The Balaban J connectivity index is 2.27. The van der Waals surface area contributed by atoms with E-state index in [1.54, 1.807) is 0 Å². The van der Waals surface area contributed by atoms with Crippen LogP contribution < -0.4 is 0 Å². The highest BCUT2D eigenvalue weighted by atomic mass is 79.9. The fraction of sp³-hybridized carbons (Fsp3) is 0.125. The van der Waals surface area contributed by atoms with Crippen LogP contribution in [0.2, 0.25) is 0 Å². The Morgan fingerprint density at radius 3 is 2.53 bits per heavy atom. The Hall–Kier alpha value is -1.34. The molecule has 0 atom stereocenters. The van der Waals surface area contributed by atoms with E-state index in [4.69, 9.17) is 0 Å². The number of fused-ring (bicyclic) bond motifs is 1. The summed E-state index contributed by atoms with van der Waals surface area (Å²) < 4.78 is 1.27. The van der Waals surface area contributed by atoms with Gasteiger partial charge in [-0.25, -0.2) is 0 Å². The zero-order valence-electron chi connectivity index (χ0n) is 9.70. The van der Waals surface area contributed by atoms with Crippen molar-refractivity contribution in [3.63, 3.8) is 0 Å². The molecule has 0 unspecified atom stereocenters. The Morgan fingerprint density at radius 2 is 1.76 bits per heavy atom. The van der Waals surface area contributed by atoms with Gasteiger partial charge in [0.1, 0.15) is 0 Å². The highest BCUT2D eigenvalue weighted by Crippen LogP contribution is 2.37. The van der Waals surface area contributed by atoms with Gasteiger partial charge < -0.3 is 0 Å². The van der Waals surface area contributed by atoms with Gasteiger partial charge in [-0.05, 0) is 40.8 Å². The summed E-state index contributed by atoms with van der Waals surface area (Å²) in [6.07, 6.45) is 3.28. The molecule has 0 saturated heterocycles. The molecule has 0 aromatic heterocycles. The monoisotopic (exact) mass is 284 g/mol. The third-order valence-corrected chi connectivity index (χ3v) is 3.78. The first-order valence-corrected chi connectivity index (χ1v) is 6.59. The minimum atomic E-state index is 1.02. The Bertz CT molecular complexity index is 594. The molecule has 1 heteroatoms. The second kappa shape index (κ2) is 4.15. The van der Waals surface area contributed by atoms with Crippen molar-refractivity contribution in [1.82, 2.24) is 0 Å². The molecule has 2 aromatic rings. The van der Waals surface area contributed by atoms with Crippen molar-refractivity contribution in [3.8, 4) is 11.1 Å². The molecular weight excluding hydrogens is 272 g/mol. The third-order valence-electron chi connectivity index (χ3n) is 3.27. The summed E-state index contributed by atoms with van der Waals surface area (Å²) in [6, 6.07) is 15.1. The number of hydrogen-bond acceptors (Lipinski definition) is 0. The predicted octanol–water partition coefficient (Wildman–Crippen LogP) is 4.95. The van der Waals surface area contributed by atoms with Gasteiger partial charge in [0.15, 0.2) is 0 Å². The van der Waals surface area contributed by atoms with E-state index in [9.17, 15) is 0 Å². The number of rotatable bonds is 1. The summed E-state index contributed by atoms with van der Waals surface area (Å²) in [6.45, 7) is 2.18. The second-order valence-electron chi connectivity index (χ2n) is 4.46. The largest absolute Gasteiger partial charge is 0.0622 e. The lowest BCUT2D eigenvalue weighted by atomic mass is 9.93. The molecule has 0 heterocycles. The molecule has 3 rings (SSSR count). The van der Waals surface area contributed by atoms with Gasteiger partial charge in [0, 0.05) is 10.9 Å². The van der Waals surface area contributed by atoms with Crippen LogP contribution in [0.4, 0.5) is 0 Å². The third kappa shape index (κ3) is 1.85. The maximum Gasteiger partial charge on any atom is 0.00470 e.